The molecule has 30 heavy (non-hydrogen) atoms. The van der Waals surface area contributed by atoms with Gasteiger partial charge in [0, 0.05) is 29.4 Å². The molecule has 1 N–H and O–H groups in total. The maximum atomic E-state index is 13.0. The van der Waals surface area contributed by atoms with Gasteiger partial charge in [0.1, 0.15) is 0 Å². The third kappa shape index (κ3) is 5.80. The first kappa shape index (κ1) is 21.8. The molecule has 0 spiro atoms. The van der Waals surface area contributed by atoms with E-state index in [9.17, 15) is 4.79 Å². The molecule has 1 unspecified atom stereocenters. The SMILES string of the molecule is C[C@H](NC(=O)C(C)(C)Oc1ncccn1)C(Cc1ccc(Cl)cc1)c1ccccc1. The second-order valence-corrected chi connectivity index (χ2v) is 8.19. The average molecular weight is 424 g/mol. The molecule has 3 aromatic rings. The van der Waals surface area contributed by atoms with Gasteiger partial charge < -0.3 is 10.1 Å². The fourth-order valence-corrected chi connectivity index (χ4v) is 3.38. The van der Waals surface area contributed by atoms with E-state index < -0.39 is 5.60 Å². The average Bonchev–Trinajstić information content (AvgIpc) is 2.74. The van der Waals surface area contributed by atoms with Crippen molar-refractivity contribution in [3.05, 3.63) is 89.2 Å². The van der Waals surface area contributed by atoms with Crippen molar-refractivity contribution in [3.63, 3.8) is 0 Å². The first-order valence-electron chi connectivity index (χ1n) is 9.91. The van der Waals surface area contributed by atoms with Crippen molar-refractivity contribution in [2.24, 2.45) is 0 Å². The standard InChI is InChI=1S/C24H26ClN3O2/c1-17(28-22(29)24(2,3)30-23-26-14-7-15-27-23)21(19-8-5-4-6-9-19)16-18-10-12-20(25)13-11-18/h4-15,17,21H,16H2,1-3H3,(H,28,29)/t17-,21?/m0/s1. The number of aromatic nitrogens is 2. The van der Waals surface area contributed by atoms with Gasteiger partial charge in [-0.1, -0.05) is 54.1 Å². The molecule has 0 aliphatic carbocycles. The highest BCUT2D eigenvalue weighted by Crippen LogP contribution is 2.26. The van der Waals surface area contributed by atoms with Crippen LogP contribution in [0.1, 0.15) is 37.8 Å². The monoisotopic (exact) mass is 423 g/mol. The van der Waals surface area contributed by atoms with Gasteiger partial charge in [-0.3, -0.25) is 4.79 Å². The van der Waals surface area contributed by atoms with E-state index >= 15 is 0 Å². The van der Waals surface area contributed by atoms with Gasteiger partial charge in [-0.15, -0.1) is 0 Å². The highest BCUT2D eigenvalue weighted by atomic mass is 35.5. The van der Waals surface area contributed by atoms with Crippen molar-refractivity contribution in [3.8, 4) is 6.01 Å². The molecule has 0 aliphatic heterocycles. The Balaban J connectivity index is 1.76. The number of hydrogen-bond acceptors (Lipinski definition) is 4. The lowest BCUT2D eigenvalue weighted by Gasteiger charge is -2.30. The maximum Gasteiger partial charge on any atom is 0.317 e. The number of halogens is 1. The van der Waals surface area contributed by atoms with Gasteiger partial charge in [-0.25, -0.2) is 9.97 Å². The van der Waals surface area contributed by atoms with E-state index in [1.165, 1.54) is 0 Å². The Hall–Kier alpha value is -2.92. The molecule has 1 heterocycles. The molecule has 1 amide bonds. The summed E-state index contributed by atoms with van der Waals surface area (Å²) in [7, 11) is 0. The molecule has 0 radical (unpaired) electrons. The lowest BCUT2D eigenvalue weighted by Crippen LogP contribution is -2.51. The third-order valence-corrected chi connectivity index (χ3v) is 5.25. The number of amides is 1. The Morgan fingerprint density at radius 3 is 2.30 bits per heavy atom. The van der Waals surface area contributed by atoms with Gasteiger partial charge >= 0.3 is 6.01 Å². The lowest BCUT2D eigenvalue weighted by atomic mass is 9.86. The molecule has 0 saturated heterocycles. The minimum atomic E-state index is -1.11. The molecule has 3 rings (SSSR count). The molecule has 0 aliphatic rings. The van der Waals surface area contributed by atoms with E-state index in [0.717, 1.165) is 17.5 Å². The van der Waals surface area contributed by atoms with Gasteiger partial charge in [0.15, 0.2) is 5.60 Å². The number of nitrogens with zero attached hydrogens (tertiary/aromatic N) is 2. The summed E-state index contributed by atoms with van der Waals surface area (Å²) in [5.41, 5.74) is 1.20. The van der Waals surface area contributed by atoms with Crippen LogP contribution in [0.25, 0.3) is 0 Å². The summed E-state index contributed by atoms with van der Waals surface area (Å²) in [4.78, 5) is 21.1. The van der Waals surface area contributed by atoms with E-state index in [-0.39, 0.29) is 23.9 Å². The van der Waals surface area contributed by atoms with Crippen molar-refractivity contribution in [1.82, 2.24) is 15.3 Å². The largest absolute Gasteiger partial charge is 0.447 e. The normalized spacial score (nSPS) is 13.3. The van der Waals surface area contributed by atoms with Crippen LogP contribution in [-0.2, 0) is 11.2 Å². The van der Waals surface area contributed by atoms with Crippen LogP contribution in [0.3, 0.4) is 0 Å². The van der Waals surface area contributed by atoms with Gasteiger partial charge in [-0.05, 0) is 56.5 Å². The predicted octanol–water partition coefficient (Wildman–Crippen LogP) is 4.82. The second-order valence-electron chi connectivity index (χ2n) is 7.75. The number of rotatable bonds is 8. The fourth-order valence-electron chi connectivity index (χ4n) is 3.25. The predicted molar refractivity (Wildman–Crippen MR) is 119 cm³/mol. The summed E-state index contributed by atoms with van der Waals surface area (Å²) in [6.07, 6.45) is 3.93. The van der Waals surface area contributed by atoms with Crippen LogP contribution < -0.4 is 10.1 Å². The zero-order valence-corrected chi connectivity index (χ0v) is 18.1. The van der Waals surface area contributed by atoms with Crippen molar-refractivity contribution >= 4 is 17.5 Å². The fraction of sp³-hybridized carbons (Fsp3) is 0.292. The number of hydrogen-bond donors (Lipinski definition) is 1. The number of nitrogens with one attached hydrogen (secondary N) is 1. The Bertz CT molecular complexity index is 947. The molecule has 6 heteroatoms. The van der Waals surface area contributed by atoms with Crippen LogP contribution in [0.5, 0.6) is 6.01 Å². The second kappa shape index (κ2) is 9.72. The Morgan fingerprint density at radius 2 is 1.67 bits per heavy atom. The van der Waals surface area contributed by atoms with Gasteiger partial charge in [0.05, 0.1) is 0 Å². The molecule has 2 atom stereocenters. The summed E-state index contributed by atoms with van der Waals surface area (Å²) in [6, 6.07) is 19.7. The zero-order valence-electron chi connectivity index (χ0n) is 17.4. The van der Waals surface area contributed by atoms with Crippen molar-refractivity contribution in [2.45, 2.75) is 44.8 Å². The molecule has 0 bridgehead atoms. The minimum absolute atomic E-state index is 0.0834. The Labute approximate surface area is 182 Å². The molecule has 2 aromatic carbocycles. The summed E-state index contributed by atoms with van der Waals surface area (Å²) in [5.74, 6) is -0.139. The molecule has 0 fully saturated rings. The van der Waals surface area contributed by atoms with Crippen LogP contribution in [-0.4, -0.2) is 27.5 Å². The molecule has 0 saturated carbocycles. The van der Waals surface area contributed by atoms with E-state index in [2.05, 4.69) is 27.4 Å². The van der Waals surface area contributed by atoms with E-state index in [4.69, 9.17) is 16.3 Å². The number of benzene rings is 2. The number of carbonyl (C=O) groups excluding carboxylic acids is 1. The molecular weight excluding hydrogens is 398 g/mol. The Kier molecular flexibility index (Phi) is 7.06. The molecular formula is C24H26ClN3O2. The maximum absolute atomic E-state index is 13.0. The molecule has 1 aromatic heterocycles. The van der Waals surface area contributed by atoms with E-state index in [1.807, 2.05) is 49.4 Å². The van der Waals surface area contributed by atoms with Gasteiger partial charge in [0.2, 0.25) is 0 Å². The minimum Gasteiger partial charge on any atom is -0.447 e. The van der Waals surface area contributed by atoms with E-state index in [1.54, 1.807) is 32.3 Å². The van der Waals surface area contributed by atoms with Crippen LogP contribution in [0.4, 0.5) is 0 Å². The van der Waals surface area contributed by atoms with Crippen LogP contribution >= 0.6 is 11.6 Å². The highest BCUT2D eigenvalue weighted by Gasteiger charge is 2.33. The van der Waals surface area contributed by atoms with Crippen molar-refractivity contribution in [1.29, 1.82) is 0 Å². The van der Waals surface area contributed by atoms with Gasteiger partial charge in [-0.2, -0.15) is 0 Å². The number of ether oxygens (including phenoxy) is 1. The first-order valence-corrected chi connectivity index (χ1v) is 10.3. The van der Waals surface area contributed by atoms with Crippen molar-refractivity contribution in [2.75, 3.05) is 0 Å². The van der Waals surface area contributed by atoms with E-state index in [0.29, 0.717) is 5.02 Å². The molecule has 156 valence electrons. The summed E-state index contributed by atoms with van der Waals surface area (Å²) in [5, 5.41) is 3.83. The lowest BCUT2D eigenvalue weighted by molar-refractivity contribution is -0.135. The zero-order chi connectivity index (χ0) is 21.6. The third-order valence-electron chi connectivity index (χ3n) is 4.99. The van der Waals surface area contributed by atoms with Crippen LogP contribution in [0, 0.1) is 0 Å². The topological polar surface area (TPSA) is 64.1 Å². The number of carbonyl (C=O) groups is 1. The van der Waals surface area contributed by atoms with Crippen LogP contribution in [0.15, 0.2) is 73.1 Å². The summed E-state index contributed by atoms with van der Waals surface area (Å²) in [6.45, 7) is 5.44. The van der Waals surface area contributed by atoms with Gasteiger partial charge in [0.25, 0.3) is 5.91 Å². The smallest absolute Gasteiger partial charge is 0.317 e. The molecule has 5 nitrogen and oxygen atoms in total. The quantitative estimate of drug-likeness (QED) is 0.564. The van der Waals surface area contributed by atoms with Crippen molar-refractivity contribution < 1.29 is 9.53 Å². The Morgan fingerprint density at radius 1 is 1.03 bits per heavy atom. The summed E-state index contributed by atoms with van der Waals surface area (Å²) < 4.78 is 5.73. The highest BCUT2D eigenvalue weighted by molar-refractivity contribution is 6.30. The van der Waals surface area contributed by atoms with Crippen LogP contribution in [0.2, 0.25) is 5.02 Å². The summed E-state index contributed by atoms with van der Waals surface area (Å²) >= 11 is 6.03. The first-order chi connectivity index (χ1) is 14.3.